The molecule has 140 valence electrons. The Morgan fingerprint density at radius 2 is 1.81 bits per heavy atom. The van der Waals surface area contributed by atoms with Crippen LogP contribution < -0.4 is 4.31 Å². The average Bonchev–Trinajstić information content (AvgIpc) is 3.02. The van der Waals surface area contributed by atoms with Gasteiger partial charge in [-0.15, -0.1) is 12.4 Å². The quantitative estimate of drug-likeness (QED) is 0.779. The number of halogens is 1. The van der Waals surface area contributed by atoms with Crippen molar-refractivity contribution in [2.75, 3.05) is 30.5 Å². The molecule has 0 atom stereocenters. The monoisotopic (exact) mass is 392 g/mol. The van der Waals surface area contributed by atoms with E-state index in [-0.39, 0.29) is 12.4 Å². The summed E-state index contributed by atoms with van der Waals surface area (Å²) in [5.41, 5.74) is 3.35. The van der Waals surface area contributed by atoms with E-state index >= 15 is 0 Å². The van der Waals surface area contributed by atoms with Gasteiger partial charge in [0.2, 0.25) is 0 Å². The van der Waals surface area contributed by atoms with Crippen molar-refractivity contribution >= 4 is 28.1 Å². The Kier molecular flexibility index (Phi) is 5.61. The molecule has 2 aliphatic heterocycles. The van der Waals surface area contributed by atoms with E-state index in [1.54, 1.807) is 28.6 Å². The number of sulfonamides is 1. The first-order chi connectivity index (χ1) is 12.1. The Balaban J connectivity index is 0.00000196. The van der Waals surface area contributed by atoms with Gasteiger partial charge in [-0.2, -0.15) is 0 Å². The Morgan fingerprint density at radius 1 is 1.08 bits per heavy atom. The summed E-state index contributed by atoms with van der Waals surface area (Å²) in [6, 6.07) is 15.0. The van der Waals surface area contributed by atoms with E-state index in [9.17, 15) is 8.42 Å². The van der Waals surface area contributed by atoms with Crippen LogP contribution in [0.25, 0.3) is 0 Å². The largest absolute Gasteiger partial charge is 0.302 e. The van der Waals surface area contributed by atoms with Crippen molar-refractivity contribution in [2.24, 2.45) is 0 Å². The lowest BCUT2D eigenvalue weighted by Crippen LogP contribution is -2.45. The third-order valence-corrected chi connectivity index (χ3v) is 7.08. The van der Waals surface area contributed by atoms with E-state index in [0.717, 1.165) is 30.8 Å². The molecule has 0 N–H and O–H groups in total. The molecule has 0 aromatic heterocycles. The van der Waals surface area contributed by atoms with E-state index in [1.165, 1.54) is 18.5 Å². The molecule has 6 heteroatoms. The van der Waals surface area contributed by atoms with E-state index < -0.39 is 10.0 Å². The zero-order chi connectivity index (χ0) is 17.4. The third kappa shape index (κ3) is 3.36. The first-order valence-electron chi connectivity index (χ1n) is 9.02. The van der Waals surface area contributed by atoms with Crippen molar-refractivity contribution in [3.05, 3.63) is 59.7 Å². The molecule has 2 aliphatic rings. The summed E-state index contributed by atoms with van der Waals surface area (Å²) in [5.74, 6) is 0.594. The normalized spacial score (nSPS) is 17.5. The average molecular weight is 393 g/mol. The third-order valence-electron chi connectivity index (χ3n) is 5.26. The molecule has 0 amide bonds. The van der Waals surface area contributed by atoms with Crippen LogP contribution in [0.5, 0.6) is 0 Å². The Labute approximate surface area is 162 Å². The molecule has 0 aliphatic carbocycles. The molecular weight excluding hydrogens is 368 g/mol. The van der Waals surface area contributed by atoms with Gasteiger partial charge < -0.3 is 4.90 Å². The molecule has 4 nitrogen and oxygen atoms in total. The number of fused-ring (bicyclic) bond motifs is 1. The number of rotatable bonds is 5. The van der Waals surface area contributed by atoms with Crippen molar-refractivity contribution in [1.29, 1.82) is 0 Å². The highest BCUT2D eigenvalue weighted by molar-refractivity contribution is 7.92. The standard InChI is InChI=1S/C20H24N2O2S.ClH/c1-2-11-21-14-18(15-21)16-8-9-20-17(13-16)10-12-22(20)25(23,24)19-6-4-3-5-7-19;/h3-9,13,18H,2,10-12,14-15H2,1H3;1H. The van der Waals surface area contributed by atoms with E-state index in [2.05, 4.69) is 24.0 Å². The van der Waals surface area contributed by atoms with Crippen molar-refractivity contribution in [1.82, 2.24) is 4.90 Å². The predicted octanol–water partition coefficient (Wildman–Crippen LogP) is 3.67. The first kappa shape index (κ1) is 19.2. The van der Waals surface area contributed by atoms with Gasteiger partial charge in [0.25, 0.3) is 10.0 Å². The van der Waals surface area contributed by atoms with E-state index in [4.69, 9.17) is 0 Å². The SMILES string of the molecule is CCCN1CC(c2ccc3c(c2)CCN3S(=O)(=O)c2ccccc2)C1.Cl. The van der Waals surface area contributed by atoms with Crippen LogP contribution in [-0.4, -0.2) is 39.5 Å². The Bertz CT molecular complexity index is 865. The summed E-state index contributed by atoms with van der Waals surface area (Å²) < 4.78 is 27.4. The number of hydrogen-bond acceptors (Lipinski definition) is 3. The summed E-state index contributed by atoms with van der Waals surface area (Å²) in [5, 5.41) is 0. The second kappa shape index (κ2) is 7.59. The first-order valence-corrected chi connectivity index (χ1v) is 10.5. The van der Waals surface area contributed by atoms with Crippen LogP contribution in [0.15, 0.2) is 53.4 Å². The van der Waals surface area contributed by atoms with Crippen LogP contribution in [0.4, 0.5) is 5.69 Å². The van der Waals surface area contributed by atoms with Gasteiger partial charge in [-0.05, 0) is 48.7 Å². The number of anilines is 1. The molecule has 4 rings (SSSR count). The summed E-state index contributed by atoms with van der Waals surface area (Å²) in [4.78, 5) is 2.84. The van der Waals surface area contributed by atoms with Crippen molar-refractivity contribution in [3.63, 3.8) is 0 Å². The lowest BCUT2D eigenvalue weighted by atomic mass is 9.90. The number of nitrogens with zero attached hydrogens (tertiary/aromatic N) is 2. The maximum absolute atomic E-state index is 12.9. The fourth-order valence-electron chi connectivity index (χ4n) is 3.89. The molecule has 2 aromatic rings. The van der Waals surface area contributed by atoms with Crippen LogP contribution in [0.3, 0.4) is 0 Å². The van der Waals surface area contributed by atoms with Crippen LogP contribution >= 0.6 is 12.4 Å². The topological polar surface area (TPSA) is 40.6 Å². The second-order valence-electron chi connectivity index (χ2n) is 6.98. The van der Waals surface area contributed by atoms with Gasteiger partial charge in [0.15, 0.2) is 0 Å². The minimum Gasteiger partial charge on any atom is -0.302 e. The lowest BCUT2D eigenvalue weighted by molar-refractivity contribution is 0.149. The zero-order valence-corrected chi connectivity index (χ0v) is 16.6. The predicted molar refractivity (Wildman–Crippen MR) is 108 cm³/mol. The summed E-state index contributed by atoms with van der Waals surface area (Å²) >= 11 is 0. The van der Waals surface area contributed by atoms with Crippen LogP contribution in [0.2, 0.25) is 0 Å². The van der Waals surface area contributed by atoms with Crippen LogP contribution in [0, 0.1) is 0 Å². The molecule has 0 spiro atoms. The molecule has 0 bridgehead atoms. The van der Waals surface area contributed by atoms with Gasteiger partial charge in [0.05, 0.1) is 10.6 Å². The lowest BCUT2D eigenvalue weighted by Gasteiger charge is -2.39. The highest BCUT2D eigenvalue weighted by Crippen LogP contribution is 2.36. The number of benzene rings is 2. The van der Waals surface area contributed by atoms with Gasteiger partial charge in [-0.25, -0.2) is 8.42 Å². The molecular formula is C20H25ClN2O2S. The highest BCUT2D eigenvalue weighted by atomic mass is 35.5. The van der Waals surface area contributed by atoms with Crippen molar-refractivity contribution in [2.45, 2.75) is 30.6 Å². The maximum atomic E-state index is 12.9. The molecule has 0 saturated carbocycles. The van der Waals surface area contributed by atoms with E-state index in [0.29, 0.717) is 17.4 Å². The molecule has 2 aromatic carbocycles. The molecule has 0 radical (unpaired) electrons. The molecule has 0 unspecified atom stereocenters. The minimum absolute atomic E-state index is 0. The Hall–Kier alpha value is -1.56. The maximum Gasteiger partial charge on any atom is 0.264 e. The second-order valence-corrected chi connectivity index (χ2v) is 8.85. The zero-order valence-electron chi connectivity index (χ0n) is 15.0. The number of likely N-dealkylation sites (tertiary alicyclic amines) is 1. The number of hydrogen-bond donors (Lipinski definition) is 0. The van der Waals surface area contributed by atoms with E-state index in [1.807, 2.05) is 12.1 Å². The van der Waals surface area contributed by atoms with Gasteiger partial charge >= 0.3 is 0 Å². The fourth-order valence-corrected chi connectivity index (χ4v) is 5.42. The Morgan fingerprint density at radius 3 is 2.50 bits per heavy atom. The minimum atomic E-state index is -3.47. The summed E-state index contributed by atoms with van der Waals surface area (Å²) in [6.45, 7) is 6.16. The molecule has 26 heavy (non-hydrogen) atoms. The van der Waals surface area contributed by atoms with Crippen LogP contribution in [0.1, 0.15) is 30.4 Å². The smallest absolute Gasteiger partial charge is 0.264 e. The summed E-state index contributed by atoms with van der Waals surface area (Å²) in [6.07, 6.45) is 1.99. The molecule has 2 heterocycles. The van der Waals surface area contributed by atoms with Gasteiger partial charge in [0, 0.05) is 25.6 Å². The van der Waals surface area contributed by atoms with Crippen molar-refractivity contribution < 1.29 is 8.42 Å². The van der Waals surface area contributed by atoms with Gasteiger partial charge in [-0.3, -0.25) is 4.31 Å². The summed E-state index contributed by atoms with van der Waals surface area (Å²) in [7, 11) is -3.47. The van der Waals surface area contributed by atoms with Crippen molar-refractivity contribution in [3.8, 4) is 0 Å². The molecule has 1 saturated heterocycles. The van der Waals surface area contributed by atoms with Gasteiger partial charge in [-0.1, -0.05) is 37.3 Å². The fraction of sp³-hybridized carbons (Fsp3) is 0.400. The highest BCUT2D eigenvalue weighted by Gasteiger charge is 2.33. The van der Waals surface area contributed by atoms with Crippen LogP contribution in [-0.2, 0) is 16.4 Å². The van der Waals surface area contributed by atoms with Gasteiger partial charge in [0.1, 0.15) is 0 Å². The molecule has 1 fully saturated rings.